The molecule has 0 saturated carbocycles. The molecule has 29 heavy (non-hydrogen) atoms. The first-order valence-electron chi connectivity index (χ1n) is 10.1. The van der Waals surface area contributed by atoms with Gasteiger partial charge in [0.1, 0.15) is 5.69 Å². The van der Waals surface area contributed by atoms with Crippen LogP contribution in [0.15, 0.2) is 42.6 Å². The number of hydrogen-bond donors (Lipinski definition) is 0. The maximum atomic E-state index is 13.2. The summed E-state index contributed by atoms with van der Waals surface area (Å²) in [4.78, 5) is 15.2. The topological polar surface area (TPSA) is 65.2 Å². The highest BCUT2D eigenvalue weighted by molar-refractivity contribution is 5.97. The first kappa shape index (κ1) is 19.4. The molecule has 2 aromatic heterocycles. The molecule has 152 valence electrons. The molecule has 0 spiro atoms. The molecule has 1 fully saturated rings. The fourth-order valence-corrected chi connectivity index (χ4v) is 3.88. The van der Waals surface area contributed by atoms with Gasteiger partial charge in [0, 0.05) is 38.1 Å². The Labute approximate surface area is 170 Å². The van der Waals surface area contributed by atoms with Gasteiger partial charge in [0.15, 0.2) is 0 Å². The Morgan fingerprint density at radius 3 is 2.83 bits per heavy atom. The van der Waals surface area contributed by atoms with Crippen molar-refractivity contribution in [1.29, 1.82) is 0 Å². The highest BCUT2D eigenvalue weighted by Gasteiger charge is 2.30. The highest BCUT2D eigenvalue weighted by Crippen LogP contribution is 2.28. The number of benzene rings is 1. The van der Waals surface area contributed by atoms with Crippen LogP contribution >= 0.6 is 0 Å². The molecule has 1 aliphatic heterocycles. The van der Waals surface area contributed by atoms with E-state index in [1.54, 1.807) is 0 Å². The fraction of sp³-hybridized carbons (Fsp3) is 0.409. The van der Waals surface area contributed by atoms with Crippen molar-refractivity contribution in [3.05, 3.63) is 59.5 Å². The lowest BCUT2D eigenvalue weighted by atomic mass is 10.1. The predicted octanol–water partition coefficient (Wildman–Crippen LogP) is 3.22. The maximum Gasteiger partial charge on any atom is 0.255 e. The molecule has 3 aromatic rings. The largest absolute Gasteiger partial charge is 0.375 e. The summed E-state index contributed by atoms with van der Waals surface area (Å²) in [6, 6.07) is 12.3. The molecular formula is C22H27N5O2. The second kappa shape index (κ2) is 8.21. The van der Waals surface area contributed by atoms with Crippen LogP contribution in [0.3, 0.4) is 0 Å². The van der Waals surface area contributed by atoms with Gasteiger partial charge in [-0.15, -0.1) is 5.10 Å². The summed E-state index contributed by atoms with van der Waals surface area (Å²) in [5.74, 6) is 0.0810. The molecule has 1 amide bonds. The number of amides is 1. The Morgan fingerprint density at radius 1 is 1.28 bits per heavy atom. The second-order valence-electron chi connectivity index (χ2n) is 7.47. The van der Waals surface area contributed by atoms with Crippen LogP contribution in [0.25, 0.3) is 11.3 Å². The molecule has 0 bridgehead atoms. The van der Waals surface area contributed by atoms with Crippen molar-refractivity contribution in [2.24, 2.45) is 7.05 Å². The van der Waals surface area contributed by atoms with E-state index in [2.05, 4.69) is 27.0 Å². The summed E-state index contributed by atoms with van der Waals surface area (Å²) >= 11 is 0. The quantitative estimate of drug-likeness (QED) is 0.645. The zero-order chi connectivity index (χ0) is 20.4. The Hall–Kier alpha value is -2.93. The second-order valence-corrected chi connectivity index (χ2v) is 7.47. The zero-order valence-corrected chi connectivity index (χ0v) is 17.2. The third-order valence-corrected chi connectivity index (χ3v) is 5.67. The van der Waals surface area contributed by atoms with Crippen molar-refractivity contribution >= 4 is 5.91 Å². The summed E-state index contributed by atoms with van der Waals surface area (Å²) in [5, 5.41) is 8.41. The van der Waals surface area contributed by atoms with Gasteiger partial charge in [-0.25, -0.2) is 4.68 Å². The summed E-state index contributed by atoms with van der Waals surface area (Å²) in [6.07, 6.45) is 2.80. The molecule has 1 aromatic carbocycles. The van der Waals surface area contributed by atoms with E-state index in [9.17, 15) is 4.79 Å². The Bertz CT molecular complexity index is 992. The van der Waals surface area contributed by atoms with Crippen molar-refractivity contribution in [1.82, 2.24) is 24.5 Å². The lowest BCUT2D eigenvalue weighted by Gasteiger charge is -2.16. The highest BCUT2D eigenvalue weighted by atomic mass is 16.5. The van der Waals surface area contributed by atoms with E-state index < -0.39 is 0 Å². The van der Waals surface area contributed by atoms with Crippen LogP contribution in [-0.2, 0) is 18.4 Å². The van der Waals surface area contributed by atoms with E-state index in [0.29, 0.717) is 19.8 Å². The van der Waals surface area contributed by atoms with Crippen LogP contribution < -0.4 is 0 Å². The normalized spacial score (nSPS) is 16.5. The summed E-state index contributed by atoms with van der Waals surface area (Å²) in [5.41, 5.74) is 4.74. The van der Waals surface area contributed by atoms with E-state index in [1.807, 2.05) is 60.9 Å². The van der Waals surface area contributed by atoms with Gasteiger partial charge in [-0.3, -0.25) is 4.79 Å². The van der Waals surface area contributed by atoms with Crippen molar-refractivity contribution in [2.45, 2.75) is 32.9 Å². The summed E-state index contributed by atoms with van der Waals surface area (Å²) < 4.78 is 9.35. The molecule has 1 atom stereocenters. The molecule has 1 unspecified atom stereocenters. The van der Waals surface area contributed by atoms with Crippen LogP contribution in [0.4, 0.5) is 0 Å². The molecule has 1 saturated heterocycles. The monoisotopic (exact) mass is 393 g/mol. The Kier molecular flexibility index (Phi) is 5.49. The number of aromatic nitrogens is 4. The molecule has 3 heterocycles. The number of ether oxygens (including phenoxy) is 1. The number of hydrogen-bond acceptors (Lipinski definition) is 4. The maximum absolute atomic E-state index is 13.2. The first-order valence-corrected chi connectivity index (χ1v) is 10.1. The van der Waals surface area contributed by atoms with E-state index in [0.717, 1.165) is 41.2 Å². The lowest BCUT2D eigenvalue weighted by Crippen LogP contribution is -2.29. The van der Waals surface area contributed by atoms with Gasteiger partial charge in [0.05, 0.1) is 24.4 Å². The van der Waals surface area contributed by atoms with E-state index in [-0.39, 0.29) is 11.9 Å². The van der Waals surface area contributed by atoms with Crippen molar-refractivity contribution in [3.63, 3.8) is 0 Å². The number of carbonyl (C=O) groups excluding carboxylic acids is 1. The van der Waals surface area contributed by atoms with Crippen molar-refractivity contribution in [3.8, 4) is 11.3 Å². The predicted molar refractivity (Wildman–Crippen MR) is 110 cm³/mol. The Balaban J connectivity index is 1.49. The average molecular weight is 393 g/mol. The molecule has 7 nitrogen and oxygen atoms in total. The molecule has 1 aliphatic rings. The van der Waals surface area contributed by atoms with Crippen molar-refractivity contribution < 1.29 is 9.53 Å². The van der Waals surface area contributed by atoms with E-state index >= 15 is 0 Å². The van der Waals surface area contributed by atoms with Crippen LogP contribution in [0, 0.1) is 6.92 Å². The molecule has 4 rings (SSSR count). The fourth-order valence-electron chi connectivity index (χ4n) is 3.88. The number of carbonyl (C=O) groups is 1. The van der Waals surface area contributed by atoms with Gasteiger partial charge >= 0.3 is 0 Å². The molecule has 0 aliphatic carbocycles. The smallest absolute Gasteiger partial charge is 0.255 e. The molecule has 7 heteroatoms. The number of likely N-dealkylation sites (tertiary alicyclic amines) is 1. The first-order chi connectivity index (χ1) is 14.1. The van der Waals surface area contributed by atoms with Crippen LogP contribution in [-0.4, -0.2) is 50.1 Å². The number of nitrogens with zero attached hydrogens (tertiary/aromatic N) is 5. The summed E-state index contributed by atoms with van der Waals surface area (Å²) in [7, 11) is 2.01. The van der Waals surface area contributed by atoms with Gasteiger partial charge in [-0.05, 0) is 31.9 Å². The third-order valence-electron chi connectivity index (χ3n) is 5.67. The third kappa shape index (κ3) is 3.82. The number of rotatable bonds is 6. The lowest BCUT2D eigenvalue weighted by molar-refractivity contribution is 0.0786. The van der Waals surface area contributed by atoms with Crippen LogP contribution in [0.1, 0.15) is 41.1 Å². The van der Waals surface area contributed by atoms with E-state index in [1.165, 1.54) is 0 Å². The molecule has 0 radical (unpaired) electrons. The average Bonchev–Trinajstić information content (AvgIpc) is 3.47. The minimum absolute atomic E-state index is 0.0810. The van der Waals surface area contributed by atoms with E-state index in [4.69, 9.17) is 4.74 Å². The summed E-state index contributed by atoms with van der Waals surface area (Å²) in [6.45, 7) is 6.45. The van der Waals surface area contributed by atoms with Crippen LogP contribution in [0.5, 0.6) is 0 Å². The van der Waals surface area contributed by atoms with Gasteiger partial charge < -0.3 is 14.2 Å². The minimum atomic E-state index is 0.0810. The molecular weight excluding hydrogens is 366 g/mol. The SMILES string of the molecule is CCOCc1cn(C2CCN(C(=O)c3cc(-c4ccccc4)n(C)c3C)C2)nn1. The Morgan fingerprint density at radius 2 is 2.07 bits per heavy atom. The zero-order valence-electron chi connectivity index (χ0n) is 17.2. The van der Waals surface area contributed by atoms with Gasteiger partial charge in [-0.1, -0.05) is 35.5 Å². The van der Waals surface area contributed by atoms with Gasteiger partial charge in [0.2, 0.25) is 0 Å². The standard InChI is InChI=1S/C22H27N5O2/c1-4-29-15-18-13-27(24-23-18)19-10-11-26(14-19)22(28)20-12-21(25(3)16(20)2)17-8-6-5-7-9-17/h5-9,12-13,19H,4,10-11,14-15H2,1-3H3. The van der Waals surface area contributed by atoms with Crippen molar-refractivity contribution in [2.75, 3.05) is 19.7 Å². The van der Waals surface area contributed by atoms with Crippen LogP contribution in [0.2, 0.25) is 0 Å². The van der Waals surface area contributed by atoms with Gasteiger partial charge in [-0.2, -0.15) is 0 Å². The minimum Gasteiger partial charge on any atom is -0.375 e. The molecule has 0 N–H and O–H groups in total. The van der Waals surface area contributed by atoms with Gasteiger partial charge in [0.25, 0.3) is 5.91 Å².